The van der Waals surface area contributed by atoms with E-state index in [1.807, 2.05) is 64.0 Å². The molecule has 0 spiro atoms. The molecule has 0 fully saturated rings. The number of para-hydroxylation sites is 1. The first-order valence-corrected chi connectivity index (χ1v) is 8.66. The molecule has 0 bridgehead atoms. The van der Waals surface area contributed by atoms with Gasteiger partial charge in [-0.15, -0.1) is 0 Å². The van der Waals surface area contributed by atoms with Crippen LogP contribution in [0.3, 0.4) is 0 Å². The lowest BCUT2D eigenvalue weighted by Gasteiger charge is -2.29. The second-order valence-corrected chi connectivity index (χ2v) is 7.54. The van der Waals surface area contributed by atoms with Crippen LogP contribution in [-0.2, 0) is 9.53 Å². The van der Waals surface area contributed by atoms with Crippen LogP contribution in [-0.4, -0.2) is 74.0 Å². The molecule has 7 nitrogen and oxygen atoms in total. The summed E-state index contributed by atoms with van der Waals surface area (Å²) in [5.41, 5.74) is 0.850. The second-order valence-electron chi connectivity index (χ2n) is 7.54. The predicted molar refractivity (Wildman–Crippen MR) is 103 cm³/mol. The molecule has 0 radical (unpaired) electrons. The number of amides is 2. The van der Waals surface area contributed by atoms with E-state index in [1.165, 1.54) is 4.90 Å². The average molecular weight is 360 g/mol. The number of nitrogens with zero attached hydrogens (tertiary/aromatic N) is 4. The molecule has 1 aromatic rings. The Balaban J connectivity index is 2.46. The van der Waals surface area contributed by atoms with Gasteiger partial charge in [-0.05, 0) is 47.0 Å². The Morgan fingerprint density at radius 2 is 1.88 bits per heavy atom. The van der Waals surface area contributed by atoms with E-state index in [0.29, 0.717) is 18.9 Å². The van der Waals surface area contributed by atoms with Gasteiger partial charge in [0.05, 0.1) is 5.69 Å². The lowest BCUT2D eigenvalue weighted by molar-refractivity contribution is -0.116. The van der Waals surface area contributed by atoms with E-state index in [2.05, 4.69) is 4.99 Å². The highest BCUT2D eigenvalue weighted by atomic mass is 16.6. The molecule has 1 heterocycles. The standard InChI is InChI=1S/C19H28N4O3/c1-19(2,3)26-18(25)23(12-11-21(4)5)17-14-9-7-8-10-15(14)22(6)16(24)13-20-17/h7-10H,11-13H2,1-6H3. The molecule has 0 N–H and O–H groups in total. The zero-order valence-corrected chi connectivity index (χ0v) is 16.4. The summed E-state index contributed by atoms with van der Waals surface area (Å²) in [5, 5.41) is 0. The largest absolute Gasteiger partial charge is 0.443 e. The molecule has 2 amide bonds. The zero-order chi connectivity index (χ0) is 19.5. The van der Waals surface area contributed by atoms with Gasteiger partial charge >= 0.3 is 6.09 Å². The molecule has 1 aliphatic rings. The maximum absolute atomic E-state index is 12.9. The summed E-state index contributed by atoms with van der Waals surface area (Å²) in [6, 6.07) is 7.46. The number of benzene rings is 1. The minimum atomic E-state index is -0.620. The fourth-order valence-electron chi connectivity index (χ4n) is 2.55. The van der Waals surface area contributed by atoms with Gasteiger partial charge in [0.1, 0.15) is 18.0 Å². The second kappa shape index (κ2) is 7.86. The molecule has 1 aliphatic heterocycles. The van der Waals surface area contributed by atoms with Crippen molar-refractivity contribution in [1.82, 2.24) is 9.80 Å². The maximum atomic E-state index is 12.9. The van der Waals surface area contributed by atoms with Gasteiger partial charge in [-0.2, -0.15) is 0 Å². The number of carbonyl (C=O) groups excluding carboxylic acids is 2. The summed E-state index contributed by atoms with van der Waals surface area (Å²) in [5.74, 6) is 0.346. The SMILES string of the molecule is CN(C)CCN(C(=O)OC(C)(C)C)C1=NCC(=O)N(C)c2ccccc21. The van der Waals surface area contributed by atoms with Crippen LogP contribution in [0.4, 0.5) is 10.5 Å². The van der Waals surface area contributed by atoms with E-state index in [-0.39, 0.29) is 12.5 Å². The number of hydrogen-bond acceptors (Lipinski definition) is 5. The lowest BCUT2D eigenvalue weighted by Crippen LogP contribution is -2.44. The van der Waals surface area contributed by atoms with Crippen molar-refractivity contribution in [3.05, 3.63) is 29.8 Å². The van der Waals surface area contributed by atoms with Crippen LogP contribution in [0, 0.1) is 0 Å². The number of hydrogen-bond donors (Lipinski definition) is 0. The summed E-state index contributed by atoms with van der Waals surface area (Å²) in [6.45, 7) is 6.53. The molecule has 26 heavy (non-hydrogen) atoms. The third-order valence-corrected chi connectivity index (χ3v) is 3.88. The van der Waals surface area contributed by atoms with Crippen LogP contribution < -0.4 is 4.90 Å². The number of aliphatic imine (C=N–C) groups is 1. The van der Waals surface area contributed by atoms with E-state index in [0.717, 1.165) is 11.3 Å². The van der Waals surface area contributed by atoms with Crippen LogP contribution in [0.2, 0.25) is 0 Å². The molecule has 0 atom stereocenters. The van der Waals surface area contributed by atoms with Crippen LogP contribution in [0.5, 0.6) is 0 Å². The molecule has 1 aromatic carbocycles. The smallest absolute Gasteiger partial charge is 0.416 e. The Morgan fingerprint density at radius 3 is 2.50 bits per heavy atom. The highest BCUT2D eigenvalue weighted by molar-refractivity contribution is 6.14. The van der Waals surface area contributed by atoms with Crippen LogP contribution in [0.15, 0.2) is 29.3 Å². The summed E-state index contributed by atoms with van der Waals surface area (Å²) in [4.78, 5) is 34.7. The maximum Gasteiger partial charge on any atom is 0.416 e. The number of benzodiazepines with no additional fused rings is 1. The molecule has 7 heteroatoms. The first-order chi connectivity index (χ1) is 12.1. The van der Waals surface area contributed by atoms with Crippen molar-refractivity contribution in [2.75, 3.05) is 45.7 Å². The Kier molecular flexibility index (Phi) is 6.02. The lowest BCUT2D eigenvalue weighted by atomic mass is 10.1. The fourth-order valence-corrected chi connectivity index (χ4v) is 2.55. The van der Waals surface area contributed by atoms with Gasteiger partial charge in [-0.25, -0.2) is 4.79 Å². The van der Waals surface area contributed by atoms with E-state index in [4.69, 9.17) is 4.74 Å². The van der Waals surface area contributed by atoms with Crippen LogP contribution in [0.25, 0.3) is 0 Å². The monoisotopic (exact) mass is 360 g/mol. The number of amidine groups is 1. The first kappa shape index (κ1) is 19.9. The van der Waals surface area contributed by atoms with Crippen molar-refractivity contribution in [3.8, 4) is 0 Å². The predicted octanol–water partition coefficient (Wildman–Crippen LogP) is 2.21. The minimum absolute atomic E-state index is 0.0121. The van der Waals surface area contributed by atoms with E-state index < -0.39 is 11.7 Å². The molecule has 0 saturated carbocycles. The van der Waals surface area contributed by atoms with Gasteiger partial charge < -0.3 is 14.5 Å². The summed E-state index contributed by atoms with van der Waals surface area (Å²) in [7, 11) is 5.60. The molecule has 2 rings (SSSR count). The highest BCUT2D eigenvalue weighted by Crippen LogP contribution is 2.25. The van der Waals surface area contributed by atoms with Crippen LogP contribution in [0.1, 0.15) is 26.3 Å². The van der Waals surface area contributed by atoms with Gasteiger partial charge in [-0.1, -0.05) is 12.1 Å². The number of ether oxygens (including phenoxy) is 1. The minimum Gasteiger partial charge on any atom is -0.443 e. The van der Waals surface area contributed by atoms with Crippen molar-refractivity contribution < 1.29 is 14.3 Å². The molecule has 0 aromatic heterocycles. The van der Waals surface area contributed by atoms with Gasteiger partial charge in [-0.3, -0.25) is 14.7 Å². The summed E-state index contributed by atoms with van der Waals surface area (Å²) >= 11 is 0. The molecular formula is C19H28N4O3. The molecule has 0 saturated heterocycles. The summed E-state index contributed by atoms with van der Waals surface area (Å²) in [6.07, 6.45) is -0.468. The van der Waals surface area contributed by atoms with E-state index in [9.17, 15) is 9.59 Å². The third kappa shape index (κ3) is 4.82. The van der Waals surface area contributed by atoms with E-state index in [1.54, 1.807) is 11.9 Å². The average Bonchev–Trinajstić information content (AvgIpc) is 2.65. The van der Waals surface area contributed by atoms with Gasteiger partial charge in [0.25, 0.3) is 0 Å². The Morgan fingerprint density at radius 1 is 1.23 bits per heavy atom. The topological polar surface area (TPSA) is 65.5 Å². The van der Waals surface area contributed by atoms with Crippen molar-refractivity contribution in [2.45, 2.75) is 26.4 Å². The Bertz CT molecular complexity index is 707. The molecule has 0 unspecified atom stereocenters. The summed E-state index contributed by atoms with van der Waals surface area (Å²) < 4.78 is 5.58. The fraction of sp³-hybridized carbons (Fsp3) is 0.526. The van der Waals surface area contributed by atoms with Gasteiger partial charge in [0.2, 0.25) is 5.91 Å². The Labute approximate surface area is 155 Å². The number of rotatable bonds is 3. The first-order valence-electron chi connectivity index (χ1n) is 8.66. The number of likely N-dealkylation sites (N-methyl/N-ethyl adjacent to an activating group) is 2. The van der Waals surface area contributed by atoms with Crippen LogP contribution >= 0.6 is 0 Å². The number of fused-ring (bicyclic) bond motifs is 1. The molecular weight excluding hydrogens is 332 g/mol. The van der Waals surface area contributed by atoms with Gasteiger partial charge in [0, 0.05) is 25.7 Å². The normalized spacial score (nSPS) is 14.7. The van der Waals surface area contributed by atoms with Crippen molar-refractivity contribution in [3.63, 3.8) is 0 Å². The molecule has 0 aliphatic carbocycles. The highest BCUT2D eigenvalue weighted by Gasteiger charge is 2.30. The third-order valence-electron chi connectivity index (χ3n) is 3.88. The molecule has 142 valence electrons. The number of anilines is 1. The van der Waals surface area contributed by atoms with Crippen molar-refractivity contribution in [1.29, 1.82) is 0 Å². The van der Waals surface area contributed by atoms with Gasteiger partial charge in [0.15, 0.2) is 0 Å². The van der Waals surface area contributed by atoms with E-state index >= 15 is 0 Å². The zero-order valence-electron chi connectivity index (χ0n) is 16.4. The Hall–Kier alpha value is -2.41. The van der Waals surface area contributed by atoms with Crippen molar-refractivity contribution >= 4 is 23.5 Å². The quantitative estimate of drug-likeness (QED) is 0.829. The van der Waals surface area contributed by atoms with Crippen molar-refractivity contribution in [2.24, 2.45) is 4.99 Å². The number of carbonyl (C=O) groups is 2.